The zero-order chi connectivity index (χ0) is 21.7. The topological polar surface area (TPSA) is 109 Å². The van der Waals surface area contributed by atoms with E-state index >= 15 is 0 Å². The van der Waals surface area contributed by atoms with Crippen molar-refractivity contribution in [2.75, 3.05) is 25.5 Å². The van der Waals surface area contributed by atoms with Crippen LogP contribution in [-0.4, -0.2) is 45.0 Å². The molecule has 0 bridgehead atoms. The Balaban J connectivity index is 2.13. The SMILES string of the molecule is CCOC(=O)c1cnn(-c2ccccc2)c1NS(=O)(=O)c1cc(OC)ccc1OC. The molecular formula is C20H21N3O6S. The Morgan fingerprint density at radius 1 is 1.10 bits per heavy atom. The zero-order valence-electron chi connectivity index (χ0n) is 16.7. The van der Waals surface area contributed by atoms with Gasteiger partial charge in [0.2, 0.25) is 0 Å². The minimum atomic E-state index is -4.18. The summed E-state index contributed by atoms with van der Waals surface area (Å²) in [5.41, 5.74) is 0.537. The van der Waals surface area contributed by atoms with E-state index in [1.54, 1.807) is 37.3 Å². The van der Waals surface area contributed by atoms with Crippen LogP contribution in [0, 0.1) is 0 Å². The number of hydrogen-bond donors (Lipinski definition) is 1. The Hall–Kier alpha value is -3.53. The van der Waals surface area contributed by atoms with Crippen LogP contribution in [0.5, 0.6) is 11.5 Å². The molecule has 9 nitrogen and oxygen atoms in total. The van der Waals surface area contributed by atoms with Crippen LogP contribution in [0.4, 0.5) is 5.82 Å². The standard InChI is InChI=1S/C20H21N3O6S/c1-4-29-20(24)16-13-21-23(14-8-6-5-7-9-14)19(16)22-30(25,26)18-12-15(27-2)10-11-17(18)28-3/h5-13,22H,4H2,1-3H3. The van der Waals surface area contributed by atoms with E-state index in [4.69, 9.17) is 14.2 Å². The minimum absolute atomic E-state index is 0.0221. The molecule has 3 rings (SSSR count). The van der Waals surface area contributed by atoms with E-state index < -0.39 is 16.0 Å². The van der Waals surface area contributed by atoms with Crippen LogP contribution in [0.1, 0.15) is 17.3 Å². The second-order valence-corrected chi connectivity index (χ2v) is 7.65. The highest BCUT2D eigenvalue weighted by molar-refractivity contribution is 7.92. The maximum absolute atomic E-state index is 13.2. The van der Waals surface area contributed by atoms with Crippen molar-refractivity contribution in [3.8, 4) is 17.2 Å². The maximum Gasteiger partial charge on any atom is 0.343 e. The monoisotopic (exact) mass is 431 g/mol. The fourth-order valence-electron chi connectivity index (χ4n) is 2.75. The largest absolute Gasteiger partial charge is 0.497 e. The number of carbonyl (C=O) groups excluding carboxylic acids is 1. The molecule has 158 valence electrons. The molecule has 0 unspecified atom stereocenters. The van der Waals surface area contributed by atoms with Gasteiger partial charge in [0.1, 0.15) is 22.0 Å². The molecule has 2 aromatic carbocycles. The maximum atomic E-state index is 13.2. The molecule has 3 aromatic rings. The third kappa shape index (κ3) is 4.23. The molecule has 0 radical (unpaired) electrons. The molecule has 0 saturated carbocycles. The quantitative estimate of drug-likeness (QED) is 0.546. The molecule has 10 heteroatoms. The van der Waals surface area contributed by atoms with Crippen molar-refractivity contribution in [1.82, 2.24) is 9.78 Å². The number of esters is 1. The summed E-state index contributed by atoms with van der Waals surface area (Å²) in [5.74, 6) is -0.301. The van der Waals surface area contributed by atoms with Crippen LogP contribution < -0.4 is 14.2 Å². The highest BCUT2D eigenvalue weighted by Gasteiger charge is 2.27. The molecule has 30 heavy (non-hydrogen) atoms. The van der Waals surface area contributed by atoms with E-state index in [0.717, 1.165) is 0 Å². The number of nitrogens with zero attached hydrogens (tertiary/aromatic N) is 2. The third-order valence-corrected chi connectivity index (χ3v) is 5.52. The van der Waals surface area contributed by atoms with Gasteiger partial charge in [0, 0.05) is 6.07 Å². The van der Waals surface area contributed by atoms with E-state index in [1.807, 2.05) is 6.07 Å². The molecule has 0 fully saturated rings. The number of aromatic nitrogens is 2. The van der Waals surface area contributed by atoms with Crippen molar-refractivity contribution < 1.29 is 27.4 Å². The Bertz CT molecular complexity index is 1140. The number of carbonyl (C=O) groups is 1. The molecule has 0 aliphatic rings. The van der Waals surface area contributed by atoms with Gasteiger partial charge in [0.05, 0.1) is 32.7 Å². The fourth-order valence-corrected chi connectivity index (χ4v) is 3.99. The first-order valence-corrected chi connectivity index (χ1v) is 10.4. The normalized spacial score (nSPS) is 11.0. The summed E-state index contributed by atoms with van der Waals surface area (Å²) in [6, 6.07) is 13.2. The van der Waals surface area contributed by atoms with Crippen LogP contribution in [0.15, 0.2) is 59.6 Å². The first-order valence-electron chi connectivity index (χ1n) is 8.96. The lowest BCUT2D eigenvalue weighted by atomic mass is 10.3. The van der Waals surface area contributed by atoms with E-state index in [-0.39, 0.29) is 28.6 Å². The number of para-hydroxylation sites is 1. The van der Waals surface area contributed by atoms with E-state index in [9.17, 15) is 13.2 Å². The van der Waals surface area contributed by atoms with E-state index in [1.165, 1.54) is 37.2 Å². The summed E-state index contributed by atoms with van der Waals surface area (Å²) < 4.78 is 45.6. The predicted octanol–water partition coefficient (Wildman–Crippen LogP) is 2.87. The number of benzene rings is 2. The molecule has 1 N–H and O–H groups in total. The number of anilines is 1. The minimum Gasteiger partial charge on any atom is -0.497 e. The van der Waals surface area contributed by atoms with Gasteiger partial charge in [-0.15, -0.1) is 0 Å². The lowest BCUT2D eigenvalue weighted by molar-refractivity contribution is 0.0527. The summed E-state index contributed by atoms with van der Waals surface area (Å²) >= 11 is 0. The van der Waals surface area contributed by atoms with E-state index in [0.29, 0.717) is 11.4 Å². The third-order valence-electron chi connectivity index (χ3n) is 4.16. The molecule has 0 aliphatic carbocycles. The molecule has 0 atom stereocenters. The number of sulfonamides is 1. The number of rotatable bonds is 8. The van der Waals surface area contributed by atoms with Gasteiger partial charge in [-0.1, -0.05) is 18.2 Å². The first-order chi connectivity index (χ1) is 14.4. The van der Waals surface area contributed by atoms with Gasteiger partial charge in [-0.2, -0.15) is 5.10 Å². The van der Waals surface area contributed by atoms with Crippen molar-refractivity contribution in [1.29, 1.82) is 0 Å². The first kappa shape index (κ1) is 21.2. The lowest BCUT2D eigenvalue weighted by Gasteiger charge is -2.15. The average molecular weight is 431 g/mol. The molecule has 0 amide bonds. The Kier molecular flexibility index (Phi) is 6.26. The molecule has 0 aliphatic heterocycles. The van der Waals surface area contributed by atoms with Crippen molar-refractivity contribution >= 4 is 21.8 Å². The van der Waals surface area contributed by atoms with Crippen LogP contribution in [0.3, 0.4) is 0 Å². The smallest absolute Gasteiger partial charge is 0.343 e. The molecule has 0 saturated heterocycles. The summed E-state index contributed by atoms with van der Waals surface area (Å²) in [7, 11) is -1.40. The van der Waals surface area contributed by atoms with Gasteiger partial charge in [-0.25, -0.2) is 17.9 Å². The van der Waals surface area contributed by atoms with Crippen LogP contribution >= 0.6 is 0 Å². The van der Waals surface area contributed by atoms with Crippen molar-refractivity contribution in [3.63, 3.8) is 0 Å². The van der Waals surface area contributed by atoms with Crippen LogP contribution in [0.2, 0.25) is 0 Å². The van der Waals surface area contributed by atoms with E-state index in [2.05, 4.69) is 9.82 Å². The van der Waals surface area contributed by atoms with Crippen molar-refractivity contribution in [2.45, 2.75) is 11.8 Å². The number of methoxy groups -OCH3 is 2. The summed E-state index contributed by atoms with van der Waals surface area (Å²) in [6.07, 6.45) is 1.26. The number of ether oxygens (including phenoxy) is 3. The molecular weight excluding hydrogens is 410 g/mol. The number of hydrogen-bond acceptors (Lipinski definition) is 7. The highest BCUT2D eigenvalue weighted by atomic mass is 32.2. The Morgan fingerprint density at radius 3 is 2.47 bits per heavy atom. The van der Waals surface area contributed by atoms with Crippen LogP contribution in [0.25, 0.3) is 5.69 Å². The molecule has 0 spiro atoms. The lowest BCUT2D eigenvalue weighted by Crippen LogP contribution is -2.19. The average Bonchev–Trinajstić information content (AvgIpc) is 3.16. The second-order valence-electron chi connectivity index (χ2n) is 6.00. The van der Waals surface area contributed by atoms with Crippen LogP contribution in [-0.2, 0) is 14.8 Å². The summed E-state index contributed by atoms with van der Waals surface area (Å²) in [4.78, 5) is 12.2. The highest BCUT2D eigenvalue weighted by Crippen LogP contribution is 2.31. The van der Waals surface area contributed by atoms with Gasteiger partial charge >= 0.3 is 5.97 Å². The second kappa shape index (κ2) is 8.87. The van der Waals surface area contributed by atoms with Crippen molar-refractivity contribution in [3.05, 3.63) is 60.3 Å². The Labute approximate surface area is 174 Å². The van der Waals surface area contributed by atoms with Crippen molar-refractivity contribution in [2.24, 2.45) is 0 Å². The van der Waals surface area contributed by atoms with Gasteiger partial charge in [-0.3, -0.25) is 4.72 Å². The fraction of sp³-hybridized carbons (Fsp3) is 0.200. The molecule has 1 aromatic heterocycles. The molecule has 1 heterocycles. The van der Waals surface area contributed by atoms with Gasteiger partial charge in [-0.05, 0) is 31.2 Å². The van der Waals surface area contributed by atoms with Gasteiger partial charge in [0.25, 0.3) is 10.0 Å². The van der Waals surface area contributed by atoms with Gasteiger partial charge in [0.15, 0.2) is 5.82 Å². The summed E-state index contributed by atoms with van der Waals surface area (Å²) in [5, 5.41) is 4.18. The Morgan fingerprint density at radius 2 is 1.83 bits per heavy atom. The van der Waals surface area contributed by atoms with Gasteiger partial charge < -0.3 is 14.2 Å². The zero-order valence-corrected chi connectivity index (χ0v) is 17.5. The summed E-state index contributed by atoms with van der Waals surface area (Å²) in [6.45, 7) is 1.79. The number of nitrogens with one attached hydrogen (secondary N) is 1. The predicted molar refractivity (Wildman–Crippen MR) is 110 cm³/mol.